The normalized spacial score (nSPS) is 12.9. The van der Waals surface area contributed by atoms with Crippen LogP contribution in [0, 0.1) is 11.6 Å². The van der Waals surface area contributed by atoms with Crippen molar-refractivity contribution < 1.29 is 31.5 Å². The van der Waals surface area contributed by atoms with Crippen LogP contribution in [-0.4, -0.2) is 53.5 Å². The van der Waals surface area contributed by atoms with Crippen molar-refractivity contribution in [3.05, 3.63) is 114 Å². The first-order chi connectivity index (χ1) is 21.2. The summed E-state index contributed by atoms with van der Waals surface area (Å²) in [6.45, 7) is 5.45. The molecule has 0 saturated heterocycles. The Morgan fingerprint density at radius 1 is 1.00 bits per heavy atom. The van der Waals surface area contributed by atoms with Crippen LogP contribution in [0.2, 0.25) is 0 Å². The van der Waals surface area contributed by atoms with Gasteiger partial charge in [-0.25, -0.2) is 27.0 Å². The lowest BCUT2D eigenvalue weighted by Crippen LogP contribution is -2.45. The molecule has 1 atom stereocenters. The molecule has 0 unspecified atom stereocenters. The molecule has 1 amide bonds. The number of benzene rings is 3. The molecule has 45 heavy (non-hydrogen) atoms. The van der Waals surface area contributed by atoms with Crippen molar-refractivity contribution in [1.29, 1.82) is 0 Å². The van der Waals surface area contributed by atoms with Crippen molar-refractivity contribution >= 4 is 33.4 Å². The van der Waals surface area contributed by atoms with Crippen LogP contribution in [0.5, 0.6) is 0 Å². The van der Waals surface area contributed by atoms with E-state index in [-0.39, 0.29) is 23.6 Å². The maximum Gasteiger partial charge on any atom is 0.329 e. The van der Waals surface area contributed by atoms with Crippen LogP contribution in [0.4, 0.5) is 8.78 Å². The Balaban J connectivity index is 1.75. The van der Waals surface area contributed by atoms with E-state index in [4.69, 9.17) is 4.74 Å². The Morgan fingerprint density at radius 3 is 2.22 bits per heavy atom. The van der Waals surface area contributed by atoms with E-state index in [1.165, 1.54) is 36.4 Å². The average molecular weight is 636 g/mol. The topological polar surface area (TPSA) is 107 Å². The third-order valence-corrected chi connectivity index (χ3v) is 7.66. The van der Waals surface area contributed by atoms with Gasteiger partial charge in [0.05, 0.1) is 12.1 Å². The number of rotatable bonds is 11. The summed E-state index contributed by atoms with van der Waals surface area (Å²) in [6, 6.07) is 15.6. The molecule has 0 spiro atoms. The molecule has 0 radical (unpaired) electrons. The second kappa shape index (κ2) is 14.0. The van der Waals surface area contributed by atoms with Crippen molar-refractivity contribution in [1.82, 2.24) is 14.9 Å². The van der Waals surface area contributed by atoms with Gasteiger partial charge in [-0.3, -0.25) is 4.79 Å². The molecule has 11 heteroatoms. The number of halogens is 2. The van der Waals surface area contributed by atoms with Gasteiger partial charge < -0.3 is 14.6 Å². The van der Waals surface area contributed by atoms with Crippen molar-refractivity contribution in [2.45, 2.75) is 45.4 Å². The van der Waals surface area contributed by atoms with Crippen molar-refractivity contribution in [3.8, 4) is 11.1 Å². The SMILES string of the molecule is CC(C)(C)OC(=O)[C@H](CCS(C)(=O)=O)NC(=O)c1ccc(C=C(Cn2ccnc2)c2ccc(F)cc2)cc1-c1ccc(F)cc1. The number of amides is 1. The Hall–Kier alpha value is -4.64. The zero-order chi connectivity index (χ0) is 32.8. The maximum atomic E-state index is 13.9. The third-order valence-electron chi connectivity index (χ3n) is 6.69. The summed E-state index contributed by atoms with van der Waals surface area (Å²) in [6.07, 6.45) is 7.90. The number of hydrogen-bond acceptors (Lipinski definition) is 6. The second-order valence-electron chi connectivity index (χ2n) is 11.7. The summed E-state index contributed by atoms with van der Waals surface area (Å²) < 4.78 is 58.7. The number of imidazole rings is 1. The van der Waals surface area contributed by atoms with Gasteiger partial charge in [-0.05, 0) is 97.5 Å². The van der Waals surface area contributed by atoms with E-state index in [1.807, 2.05) is 10.6 Å². The molecule has 0 bridgehead atoms. The molecule has 3 aromatic carbocycles. The molecule has 0 fully saturated rings. The van der Waals surface area contributed by atoms with Gasteiger partial charge in [-0.2, -0.15) is 0 Å². The number of sulfone groups is 1. The number of ether oxygens (including phenoxy) is 1. The van der Waals surface area contributed by atoms with Crippen LogP contribution in [0.15, 0.2) is 85.5 Å². The third kappa shape index (κ3) is 9.94. The first kappa shape index (κ1) is 33.3. The fraction of sp³-hybridized carbons (Fsp3) is 0.265. The van der Waals surface area contributed by atoms with Crippen LogP contribution in [0.3, 0.4) is 0 Å². The molecule has 1 N–H and O–H groups in total. The fourth-order valence-corrected chi connectivity index (χ4v) is 5.23. The summed E-state index contributed by atoms with van der Waals surface area (Å²) >= 11 is 0. The smallest absolute Gasteiger partial charge is 0.329 e. The molecule has 0 aliphatic rings. The summed E-state index contributed by atoms with van der Waals surface area (Å²) in [5, 5.41) is 2.66. The van der Waals surface area contributed by atoms with Gasteiger partial charge in [0.2, 0.25) is 0 Å². The van der Waals surface area contributed by atoms with Crippen LogP contribution in [0.25, 0.3) is 22.8 Å². The van der Waals surface area contributed by atoms with E-state index < -0.39 is 39.2 Å². The molecular weight excluding hydrogens is 600 g/mol. The number of carbonyl (C=O) groups excluding carboxylic acids is 2. The first-order valence-corrected chi connectivity index (χ1v) is 16.3. The fourth-order valence-electron chi connectivity index (χ4n) is 4.57. The minimum absolute atomic E-state index is 0.179. The van der Waals surface area contributed by atoms with Crippen molar-refractivity contribution in [2.24, 2.45) is 0 Å². The molecule has 4 aromatic rings. The lowest BCUT2D eigenvalue weighted by Gasteiger charge is -2.25. The summed E-state index contributed by atoms with van der Waals surface area (Å²) in [7, 11) is -3.44. The minimum atomic E-state index is -3.44. The summed E-state index contributed by atoms with van der Waals surface area (Å²) in [5.41, 5.74) is 2.63. The maximum absolute atomic E-state index is 13.9. The molecular formula is C34H35F2N3O5S. The lowest BCUT2D eigenvalue weighted by molar-refractivity contribution is -0.157. The van der Waals surface area contributed by atoms with E-state index >= 15 is 0 Å². The molecule has 4 rings (SSSR count). The number of nitrogens with one attached hydrogen (secondary N) is 1. The standard InChI is InChI=1S/C34H35F2N3O5S/c1-34(2,3)44-33(41)31(15-18-45(4,42)43)38-32(40)29-14-5-23(20-30(29)25-8-12-28(36)13-9-25)19-26(21-39-17-16-37-22-39)24-6-10-27(35)11-7-24/h5-14,16-17,19-20,22,31H,15,18,21H2,1-4H3,(H,38,40)/t31-/m0/s1. The molecule has 1 aromatic heterocycles. The minimum Gasteiger partial charge on any atom is -0.458 e. The van der Waals surface area contributed by atoms with Gasteiger partial charge in [0, 0.05) is 30.8 Å². The largest absolute Gasteiger partial charge is 0.458 e. The van der Waals surface area contributed by atoms with Crippen molar-refractivity contribution in [3.63, 3.8) is 0 Å². The summed E-state index contributed by atoms with van der Waals surface area (Å²) in [4.78, 5) is 30.8. The highest BCUT2D eigenvalue weighted by molar-refractivity contribution is 7.90. The van der Waals surface area contributed by atoms with E-state index in [0.29, 0.717) is 23.2 Å². The Kier molecular flexibility index (Phi) is 10.3. The van der Waals surface area contributed by atoms with Crippen LogP contribution < -0.4 is 5.32 Å². The van der Waals surface area contributed by atoms with Gasteiger partial charge in [-0.1, -0.05) is 30.3 Å². The van der Waals surface area contributed by atoms with Crippen LogP contribution in [-0.2, 0) is 25.9 Å². The number of allylic oxidation sites excluding steroid dienone is 1. The quantitative estimate of drug-likeness (QED) is 0.161. The number of aromatic nitrogens is 2. The monoisotopic (exact) mass is 635 g/mol. The predicted octanol–water partition coefficient (Wildman–Crippen LogP) is 5.94. The Labute approximate surface area is 261 Å². The second-order valence-corrected chi connectivity index (χ2v) is 14.0. The van der Waals surface area contributed by atoms with Crippen LogP contribution in [0.1, 0.15) is 48.7 Å². The highest BCUT2D eigenvalue weighted by Crippen LogP contribution is 2.29. The number of nitrogens with zero attached hydrogens (tertiary/aromatic N) is 2. The molecule has 1 heterocycles. The van der Waals surface area contributed by atoms with E-state index in [9.17, 15) is 26.8 Å². The zero-order valence-corrected chi connectivity index (χ0v) is 26.3. The highest BCUT2D eigenvalue weighted by atomic mass is 32.2. The molecule has 8 nitrogen and oxygen atoms in total. The predicted molar refractivity (Wildman–Crippen MR) is 170 cm³/mol. The van der Waals surface area contributed by atoms with Gasteiger partial charge in [0.1, 0.15) is 33.1 Å². The van der Waals surface area contributed by atoms with E-state index in [2.05, 4.69) is 10.3 Å². The van der Waals surface area contributed by atoms with E-state index in [0.717, 1.165) is 17.4 Å². The zero-order valence-electron chi connectivity index (χ0n) is 25.5. The van der Waals surface area contributed by atoms with Gasteiger partial charge in [0.15, 0.2) is 0 Å². The lowest BCUT2D eigenvalue weighted by atomic mass is 9.94. The average Bonchev–Trinajstić information content (AvgIpc) is 3.47. The van der Waals surface area contributed by atoms with Gasteiger partial charge in [-0.15, -0.1) is 0 Å². The highest BCUT2D eigenvalue weighted by Gasteiger charge is 2.29. The molecule has 0 saturated carbocycles. The van der Waals surface area contributed by atoms with Crippen molar-refractivity contribution in [2.75, 3.05) is 12.0 Å². The van der Waals surface area contributed by atoms with Crippen LogP contribution >= 0.6 is 0 Å². The molecule has 0 aliphatic heterocycles. The number of esters is 1. The van der Waals surface area contributed by atoms with E-state index in [1.54, 1.807) is 69.8 Å². The number of carbonyl (C=O) groups is 2. The van der Waals surface area contributed by atoms with Gasteiger partial charge >= 0.3 is 5.97 Å². The first-order valence-electron chi connectivity index (χ1n) is 14.2. The number of hydrogen-bond donors (Lipinski definition) is 1. The Bertz CT molecular complexity index is 1780. The molecule has 236 valence electrons. The van der Waals surface area contributed by atoms with Gasteiger partial charge in [0.25, 0.3) is 5.91 Å². The summed E-state index contributed by atoms with van der Waals surface area (Å²) in [5.74, 6) is -2.55. The molecule has 0 aliphatic carbocycles. The Morgan fingerprint density at radius 2 is 1.64 bits per heavy atom.